The van der Waals surface area contributed by atoms with Gasteiger partial charge in [-0.1, -0.05) is 40.9 Å². The molecule has 1 aromatic heterocycles. The number of alkyl halides is 6. The molecule has 2 aromatic carbocycles. The van der Waals surface area contributed by atoms with Crippen LogP contribution < -0.4 is 10.2 Å². The maximum Gasteiger partial charge on any atom is 0.426 e. The lowest BCUT2D eigenvalue weighted by Gasteiger charge is -2.35. The Labute approximate surface area is 246 Å². The third-order valence-corrected chi connectivity index (χ3v) is 8.43. The van der Waals surface area contributed by atoms with Crippen LogP contribution >= 0.6 is 34.8 Å². The zero-order valence-electron chi connectivity index (χ0n) is 21.7. The summed E-state index contributed by atoms with van der Waals surface area (Å²) in [4.78, 5) is 18.2. The highest BCUT2D eigenvalue weighted by Gasteiger charge is 2.55. The lowest BCUT2D eigenvalue weighted by molar-refractivity contribution is -0.245. The van der Waals surface area contributed by atoms with E-state index in [9.17, 15) is 36.2 Å². The second kappa shape index (κ2) is 11.3. The van der Waals surface area contributed by atoms with Crippen LogP contribution in [0.1, 0.15) is 36.7 Å². The van der Waals surface area contributed by atoms with Gasteiger partial charge < -0.3 is 19.9 Å². The number of carbonyl (C=O) groups excluding carboxylic acids is 1. The van der Waals surface area contributed by atoms with Crippen molar-refractivity contribution in [2.45, 2.75) is 50.7 Å². The summed E-state index contributed by atoms with van der Waals surface area (Å²) in [6.07, 6.45) is -8.97. The molecule has 6 nitrogen and oxygen atoms in total. The Kier molecular flexibility index (Phi) is 8.73. The second-order valence-electron chi connectivity index (χ2n) is 10.1. The number of aliphatic hydroxyl groups is 1. The Bertz CT molecular complexity index is 1470. The van der Waals surface area contributed by atoms with Crippen molar-refractivity contribution in [2.24, 2.45) is 13.0 Å². The Hall–Kier alpha value is -2.41. The van der Waals surface area contributed by atoms with E-state index in [0.29, 0.717) is 48.0 Å². The molecule has 15 heteroatoms. The van der Waals surface area contributed by atoms with Gasteiger partial charge in [-0.05, 0) is 49.1 Å². The van der Waals surface area contributed by atoms with Crippen molar-refractivity contribution >= 4 is 57.4 Å². The fourth-order valence-electron chi connectivity index (χ4n) is 4.69. The van der Waals surface area contributed by atoms with E-state index in [2.05, 4.69) is 4.98 Å². The van der Waals surface area contributed by atoms with Gasteiger partial charge in [-0.2, -0.15) is 26.3 Å². The summed E-state index contributed by atoms with van der Waals surface area (Å²) < 4.78 is 80.7. The zero-order chi connectivity index (χ0) is 30.5. The molecule has 0 saturated carbocycles. The number of hydrogen-bond acceptors (Lipinski definition) is 4. The number of fused-ring (bicyclic) bond motifs is 1. The molecule has 41 heavy (non-hydrogen) atoms. The Balaban J connectivity index is 1.60. The maximum absolute atomic E-state index is 13.4. The van der Waals surface area contributed by atoms with E-state index in [-0.39, 0.29) is 40.0 Å². The molecular weight excluding hydrogens is 621 g/mol. The molecule has 0 bridgehead atoms. The minimum atomic E-state index is -5.18. The second-order valence-corrected chi connectivity index (χ2v) is 11.3. The predicted molar refractivity (Wildman–Crippen MR) is 145 cm³/mol. The fraction of sp³-hybridized carbons (Fsp3) is 0.462. The lowest BCUT2D eigenvalue weighted by atomic mass is 9.97. The van der Waals surface area contributed by atoms with Crippen LogP contribution in [-0.2, 0) is 24.8 Å². The van der Waals surface area contributed by atoms with Crippen molar-refractivity contribution in [1.82, 2.24) is 14.9 Å². The van der Waals surface area contributed by atoms with Crippen LogP contribution in [0.15, 0.2) is 24.3 Å². The molecule has 2 N–H and O–H groups in total. The van der Waals surface area contributed by atoms with Crippen molar-refractivity contribution in [1.29, 1.82) is 0 Å². The first kappa shape index (κ1) is 31.5. The predicted octanol–water partition coefficient (Wildman–Crippen LogP) is 6.83. The van der Waals surface area contributed by atoms with Crippen LogP contribution in [0.5, 0.6) is 0 Å². The zero-order valence-corrected chi connectivity index (χ0v) is 24.0. The van der Waals surface area contributed by atoms with Gasteiger partial charge in [-0.15, -0.1) is 0 Å². The molecular formula is C26H25Cl3F6N4O2. The van der Waals surface area contributed by atoms with E-state index in [1.54, 1.807) is 28.6 Å². The van der Waals surface area contributed by atoms with Crippen LogP contribution in [-0.4, -0.2) is 51.6 Å². The number of hydrogen-bond donors (Lipinski definition) is 2. The first-order valence-electron chi connectivity index (χ1n) is 12.4. The SMILES string of the molecule is Cn1c(Cc2c(Cl)ccc(CNC(=O)C(C)(O)C(F)(F)F)c2Cl)nc2cc(Cl)c(N3CCCC(C(F)(F)F)C3)cc21. The van der Waals surface area contributed by atoms with Crippen LogP contribution in [0.25, 0.3) is 11.0 Å². The Morgan fingerprint density at radius 3 is 2.44 bits per heavy atom. The minimum absolute atomic E-state index is 0.0572. The number of aryl methyl sites for hydroxylation is 1. The van der Waals surface area contributed by atoms with Crippen molar-refractivity contribution < 1.29 is 36.2 Å². The molecule has 2 heterocycles. The summed E-state index contributed by atoms with van der Waals surface area (Å²) >= 11 is 19.4. The van der Waals surface area contributed by atoms with Crippen LogP contribution in [0.2, 0.25) is 15.1 Å². The Morgan fingerprint density at radius 1 is 1.12 bits per heavy atom. The van der Waals surface area contributed by atoms with Gasteiger partial charge in [0.05, 0.1) is 32.7 Å². The average molecular weight is 646 g/mol. The topological polar surface area (TPSA) is 70.4 Å². The van der Waals surface area contributed by atoms with Crippen molar-refractivity contribution in [2.75, 3.05) is 18.0 Å². The van der Waals surface area contributed by atoms with Gasteiger partial charge in [0.15, 0.2) is 0 Å². The molecule has 2 atom stereocenters. The smallest absolute Gasteiger partial charge is 0.373 e. The molecule has 4 rings (SSSR count). The monoisotopic (exact) mass is 644 g/mol. The molecule has 3 aromatic rings. The van der Waals surface area contributed by atoms with E-state index >= 15 is 0 Å². The van der Waals surface area contributed by atoms with Crippen LogP contribution in [0.4, 0.5) is 32.0 Å². The highest BCUT2D eigenvalue weighted by Crippen LogP contribution is 2.39. The summed E-state index contributed by atoms with van der Waals surface area (Å²) in [6.45, 7) is 0.159. The summed E-state index contributed by atoms with van der Waals surface area (Å²) in [5, 5.41) is 12.2. The number of piperidine rings is 1. The lowest BCUT2D eigenvalue weighted by Crippen LogP contribution is -2.54. The number of nitrogens with one attached hydrogen (secondary N) is 1. The summed E-state index contributed by atoms with van der Waals surface area (Å²) in [7, 11) is 1.71. The number of anilines is 1. The van der Waals surface area contributed by atoms with E-state index < -0.39 is 36.3 Å². The first-order valence-corrected chi connectivity index (χ1v) is 13.5. The molecule has 1 saturated heterocycles. The van der Waals surface area contributed by atoms with E-state index in [1.807, 2.05) is 5.32 Å². The average Bonchev–Trinajstić information content (AvgIpc) is 3.17. The number of nitrogens with zero attached hydrogens (tertiary/aromatic N) is 3. The van der Waals surface area contributed by atoms with E-state index in [4.69, 9.17) is 34.8 Å². The molecule has 1 amide bonds. The van der Waals surface area contributed by atoms with E-state index in [0.717, 1.165) is 0 Å². The fourth-order valence-corrected chi connectivity index (χ4v) is 5.54. The van der Waals surface area contributed by atoms with Crippen LogP contribution in [0.3, 0.4) is 0 Å². The largest absolute Gasteiger partial charge is 0.426 e. The maximum atomic E-state index is 13.4. The van der Waals surface area contributed by atoms with Gasteiger partial charge in [0.1, 0.15) is 5.82 Å². The summed E-state index contributed by atoms with van der Waals surface area (Å²) in [6, 6.07) is 6.17. The number of aromatic nitrogens is 2. The van der Waals surface area contributed by atoms with Gasteiger partial charge in [0.25, 0.3) is 5.91 Å². The molecule has 0 radical (unpaired) electrons. The molecule has 2 unspecified atom stereocenters. The Morgan fingerprint density at radius 2 is 1.80 bits per heavy atom. The molecule has 224 valence electrons. The number of imidazole rings is 1. The van der Waals surface area contributed by atoms with Crippen molar-refractivity contribution in [3.63, 3.8) is 0 Å². The molecule has 1 fully saturated rings. The third-order valence-electron chi connectivity index (χ3n) is 7.30. The van der Waals surface area contributed by atoms with Gasteiger partial charge in [0, 0.05) is 38.1 Å². The van der Waals surface area contributed by atoms with Crippen molar-refractivity contribution in [3.05, 3.63) is 56.3 Å². The number of benzene rings is 2. The minimum Gasteiger partial charge on any atom is -0.373 e. The van der Waals surface area contributed by atoms with Crippen LogP contribution in [0, 0.1) is 5.92 Å². The highest BCUT2D eigenvalue weighted by atomic mass is 35.5. The van der Waals surface area contributed by atoms with Gasteiger partial charge in [-0.25, -0.2) is 4.98 Å². The highest BCUT2D eigenvalue weighted by molar-refractivity contribution is 6.36. The number of carbonyl (C=O) groups is 1. The van der Waals surface area contributed by atoms with Gasteiger partial charge in [0.2, 0.25) is 5.60 Å². The van der Waals surface area contributed by atoms with Gasteiger partial charge >= 0.3 is 12.4 Å². The van der Waals surface area contributed by atoms with E-state index in [1.165, 1.54) is 12.1 Å². The molecule has 0 spiro atoms. The molecule has 1 aliphatic heterocycles. The third kappa shape index (κ3) is 6.35. The molecule has 0 aliphatic carbocycles. The number of halogens is 9. The first-order chi connectivity index (χ1) is 18.9. The normalized spacial score (nSPS) is 18.0. The summed E-state index contributed by atoms with van der Waals surface area (Å²) in [5.74, 6) is -2.62. The standard InChI is InChI=1S/C26H25Cl3F6N4O2/c1-24(41,26(33,34)35)23(40)36-11-13-5-6-16(27)15(22(13)29)8-21-37-18-9-17(28)19(10-20(18)38(21)2)39-7-3-4-14(12-39)25(30,31)32/h5-6,9-10,14,41H,3-4,7-8,11-12H2,1-2H3,(H,36,40). The number of rotatable bonds is 6. The molecule has 1 aliphatic rings. The summed E-state index contributed by atoms with van der Waals surface area (Å²) in [5.41, 5.74) is -1.39. The number of amides is 1. The quantitative estimate of drug-likeness (QED) is 0.289. The van der Waals surface area contributed by atoms with Crippen molar-refractivity contribution in [3.8, 4) is 0 Å². The van der Waals surface area contributed by atoms with Gasteiger partial charge in [-0.3, -0.25) is 4.79 Å².